The number of aryl methyl sites for hydroxylation is 1. The number of aromatic amines is 1. The van der Waals surface area contributed by atoms with Gasteiger partial charge in [0.2, 0.25) is 0 Å². The van der Waals surface area contributed by atoms with Gasteiger partial charge in [0.25, 0.3) is 10.0 Å². The molecule has 3 aromatic rings. The zero-order chi connectivity index (χ0) is 20.0. The van der Waals surface area contributed by atoms with Crippen LogP contribution in [0.5, 0.6) is 5.75 Å². The lowest BCUT2D eigenvalue weighted by molar-refractivity contribution is -0.274. The van der Waals surface area contributed by atoms with Gasteiger partial charge in [0.15, 0.2) is 10.8 Å². The molecule has 0 atom stereocenters. The Morgan fingerprint density at radius 3 is 2.52 bits per heavy atom. The minimum absolute atomic E-state index is 0.229. The molecule has 0 fully saturated rings. The van der Waals surface area contributed by atoms with Gasteiger partial charge in [0, 0.05) is 15.4 Å². The summed E-state index contributed by atoms with van der Waals surface area (Å²) in [6, 6.07) is 7.16. The van der Waals surface area contributed by atoms with Crippen molar-refractivity contribution in [3.05, 3.63) is 52.3 Å². The van der Waals surface area contributed by atoms with Gasteiger partial charge >= 0.3 is 6.36 Å². The number of anilines is 1. The van der Waals surface area contributed by atoms with E-state index in [1.54, 1.807) is 0 Å². The lowest BCUT2D eigenvalue weighted by Crippen LogP contribution is -2.20. The lowest BCUT2D eigenvalue weighted by Gasteiger charge is -2.15. The van der Waals surface area contributed by atoms with Crippen LogP contribution in [0.3, 0.4) is 0 Å². The van der Waals surface area contributed by atoms with Crippen LogP contribution in [0.4, 0.5) is 23.2 Å². The molecule has 2 N–H and O–H groups in total. The Hall–Kier alpha value is -2.27. The van der Waals surface area contributed by atoms with Crippen molar-refractivity contribution in [3.63, 3.8) is 0 Å². The van der Waals surface area contributed by atoms with Crippen LogP contribution < -0.4 is 9.46 Å². The number of fused-ring (bicyclic) bond motifs is 1. The number of hydrogen-bond acceptors (Lipinski definition) is 3. The molecule has 2 aromatic carbocycles. The minimum atomic E-state index is -5.00. The fourth-order valence-electron chi connectivity index (χ4n) is 2.53. The highest BCUT2D eigenvalue weighted by Gasteiger charge is 2.33. The zero-order valence-corrected chi connectivity index (χ0v) is 15.9. The van der Waals surface area contributed by atoms with Crippen molar-refractivity contribution in [3.8, 4) is 5.75 Å². The van der Waals surface area contributed by atoms with E-state index in [1.165, 1.54) is 19.1 Å². The van der Waals surface area contributed by atoms with Crippen LogP contribution in [0.15, 0.2) is 45.9 Å². The smallest absolute Gasteiger partial charge is 0.403 e. The molecule has 0 aliphatic heterocycles. The highest BCUT2D eigenvalue weighted by Crippen LogP contribution is 2.35. The first-order chi connectivity index (χ1) is 12.5. The van der Waals surface area contributed by atoms with Gasteiger partial charge in [-0.15, -0.1) is 13.2 Å². The molecule has 27 heavy (non-hydrogen) atoms. The quantitative estimate of drug-likeness (QED) is 0.526. The average Bonchev–Trinajstić information content (AvgIpc) is 2.86. The number of aromatic nitrogens is 1. The van der Waals surface area contributed by atoms with Crippen molar-refractivity contribution in [2.75, 3.05) is 4.72 Å². The number of sulfonamides is 1. The molecular weight excluding hydrogens is 456 g/mol. The number of benzene rings is 2. The standard InChI is InChI=1S/C16H11BrF4N2O3S/c1-8-11-7-10(18)3-5-12(11)22-15(8)27(24,25)23-13-4-2-9(17)6-14(13)26-16(19,20)21/h2-7,22-23H,1H3. The maximum absolute atomic E-state index is 13.4. The van der Waals surface area contributed by atoms with Gasteiger partial charge in [0.1, 0.15) is 5.82 Å². The maximum Gasteiger partial charge on any atom is 0.573 e. The zero-order valence-electron chi connectivity index (χ0n) is 13.5. The Kier molecular flexibility index (Phi) is 4.85. The van der Waals surface area contributed by atoms with Gasteiger partial charge in [-0.25, -0.2) is 4.39 Å². The van der Waals surface area contributed by atoms with E-state index in [-0.39, 0.29) is 15.1 Å². The van der Waals surface area contributed by atoms with Crippen molar-refractivity contribution < 1.29 is 30.7 Å². The molecule has 1 aromatic heterocycles. The molecule has 0 saturated carbocycles. The van der Waals surface area contributed by atoms with Gasteiger partial charge in [-0.3, -0.25) is 4.72 Å². The van der Waals surface area contributed by atoms with Gasteiger partial charge < -0.3 is 9.72 Å². The Labute approximate surface area is 159 Å². The SMILES string of the molecule is Cc1c(S(=O)(=O)Nc2ccc(Br)cc2OC(F)(F)F)[nH]c2ccc(F)cc12. The summed E-state index contributed by atoms with van der Waals surface area (Å²) in [5.74, 6) is -1.27. The van der Waals surface area contributed by atoms with E-state index in [0.29, 0.717) is 10.9 Å². The van der Waals surface area contributed by atoms with Gasteiger partial charge in [0.05, 0.1) is 5.69 Å². The number of nitrogens with one attached hydrogen (secondary N) is 2. The van der Waals surface area contributed by atoms with Crippen LogP contribution in [-0.2, 0) is 10.0 Å². The molecule has 144 valence electrons. The second kappa shape index (κ2) is 6.71. The van der Waals surface area contributed by atoms with Crippen molar-refractivity contribution in [2.45, 2.75) is 18.3 Å². The second-order valence-corrected chi connectivity index (χ2v) is 8.10. The summed E-state index contributed by atoms with van der Waals surface area (Å²) in [6.07, 6.45) is -5.00. The van der Waals surface area contributed by atoms with Crippen LogP contribution in [0.2, 0.25) is 0 Å². The fourth-order valence-corrected chi connectivity index (χ4v) is 4.19. The third kappa shape index (κ3) is 4.19. The van der Waals surface area contributed by atoms with Crippen LogP contribution in [0.1, 0.15) is 5.56 Å². The largest absolute Gasteiger partial charge is 0.573 e. The summed E-state index contributed by atoms with van der Waals surface area (Å²) in [5.41, 5.74) is 0.198. The number of halogens is 5. The molecule has 0 aliphatic carbocycles. The highest BCUT2D eigenvalue weighted by molar-refractivity contribution is 9.10. The van der Waals surface area contributed by atoms with E-state index in [2.05, 4.69) is 30.4 Å². The minimum Gasteiger partial charge on any atom is -0.403 e. The van der Waals surface area contributed by atoms with E-state index in [4.69, 9.17) is 0 Å². The van der Waals surface area contributed by atoms with E-state index >= 15 is 0 Å². The molecule has 0 saturated heterocycles. The van der Waals surface area contributed by atoms with Crippen LogP contribution >= 0.6 is 15.9 Å². The third-order valence-electron chi connectivity index (χ3n) is 3.66. The summed E-state index contributed by atoms with van der Waals surface area (Å²) >= 11 is 3.00. The summed E-state index contributed by atoms with van der Waals surface area (Å²) < 4.78 is 82.8. The predicted octanol–water partition coefficient (Wildman–Crippen LogP) is 5.08. The molecule has 0 spiro atoms. The first-order valence-corrected chi connectivity index (χ1v) is 9.60. The first kappa shape index (κ1) is 19.5. The van der Waals surface area contributed by atoms with Crippen LogP contribution in [0, 0.1) is 12.7 Å². The molecule has 11 heteroatoms. The third-order valence-corrected chi connectivity index (χ3v) is 5.58. The number of alkyl halides is 3. The Bertz CT molecular complexity index is 1130. The Morgan fingerprint density at radius 2 is 1.85 bits per heavy atom. The molecule has 0 bridgehead atoms. The summed E-state index contributed by atoms with van der Waals surface area (Å²) in [4.78, 5) is 2.64. The number of H-pyrrole nitrogens is 1. The molecule has 0 amide bonds. The second-order valence-electron chi connectivity index (χ2n) is 5.56. The van der Waals surface area contributed by atoms with Gasteiger partial charge in [-0.05, 0) is 48.9 Å². The van der Waals surface area contributed by atoms with Gasteiger partial charge in [-0.2, -0.15) is 8.42 Å². The first-order valence-electron chi connectivity index (χ1n) is 7.32. The van der Waals surface area contributed by atoms with Crippen molar-refractivity contribution in [1.29, 1.82) is 0 Å². The van der Waals surface area contributed by atoms with Crippen molar-refractivity contribution >= 4 is 42.5 Å². The topological polar surface area (TPSA) is 71.2 Å². The summed E-state index contributed by atoms with van der Waals surface area (Å²) in [7, 11) is -4.30. The number of ether oxygens (including phenoxy) is 1. The lowest BCUT2D eigenvalue weighted by atomic mass is 10.2. The normalized spacial score (nSPS) is 12.4. The highest BCUT2D eigenvalue weighted by atomic mass is 79.9. The van der Waals surface area contributed by atoms with Crippen molar-refractivity contribution in [1.82, 2.24) is 4.98 Å². The van der Waals surface area contributed by atoms with Crippen molar-refractivity contribution in [2.24, 2.45) is 0 Å². The van der Waals surface area contributed by atoms with Crippen LogP contribution in [0.25, 0.3) is 10.9 Å². The Morgan fingerprint density at radius 1 is 1.15 bits per heavy atom. The monoisotopic (exact) mass is 466 g/mol. The summed E-state index contributed by atoms with van der Waals surface area (Å²) in [5, 5.41) is 0.0573. The number of rotatable bonds is 4. The molecular formula is C16H11BrF4N2O3S. The molecule has 1 heterocycles. The average molecular weight is 467 g/mol. The maximum atomic E-state index is 13.4. The molecule has 3 rings (SSSR count). The number of hydrogen-bond donors (Lipinski definition) is 2. The van der Waals surface area contributed by atoms with Gasteiger partial charge in [-0.1, -0.05) is 15.9 Å². The summed E-state index contributed by atoms with van der Waals surface area (Å²) in [6.45, 7) is 1.46. The van der Waals surface area contributed by atoms with E-state index in [9.17, 15) is 26.0 Å². The Balaban J connectivity index is 2.04. The molecule has 0 unspecified atom stereocenters. The molecule has 5 nitrogen and oxygen atoms in total. The fraction of sp³-hybridized carbons (Fsp3) is 0.125. The van der Waals surface area contributed by atoms with E-state index < -0.39 is 33.6 Å². The molecule has 0 aliphatic rings. The van der Waals surface area contributed by atoms with E-state index in [1.807, 2.05) is 0 Å². The predicted molar refractivity (Wildman–Crippen MR) is 94.6 cm³/mol. The molecule has 0 radical (unpaired) electrons. The van der Waals surface area contributed by atoms with Crippen LogP contribution in [-0.4, -0.2) is 19.8 Å². The van der Waals surface area contributed by atoms with E-state index in [0.717, 1.165) is 24.3 Å².